The van der Waals surface area contributed by atoms with Gasteiger partial charge in [0.05, 0.1) is 12.4 Å². The number of carbonyl (C=O) groups is 1. The Morgan fingerprint density at radius 2 is 2.23 bits per heavy atom. The molecule has 2 heterocycles. The summed E-state index contributed by atoms with van der Waals surface area (Å²) in [7, 11) is 0. The molecule has 5 nitrogen and oxygen atoms in total. The number of hydrogen-bond acceptors (Lipinski definition) is 3. The van der Waals surface area contributed by atoms with Crippen LogP contribution in [0.1, 0.15) is 29.3 Å². The molecule has 3 rings (SSSR count). The molecule has 0 radical (unpaired) electrons. The molecule has 0 fully saturated rings. The highest BCUT2D eigenvalue weighted by atomic mass is 16.3. The van der Waals surface area contributed by atoms with Gasteiger partial charge in [0.2, 0.25) is 5.91 Å². The highest BCUT2D eigenvalue weighted by Gasteiger charge is 2.25. The second kappa shape index (κ2) is 6.32. The SMILES string of the molecule is Cc1ccc(C(O)CNC(=O)C2CCn3cncc3C2)cc1. The fourth-order valence-electron chi connectivity index (χ4n) is 2.84. The van der Waals surface area contributed by atoms with E-state index in [-0.39, 0.29) is 18.4 Å². The lowest BCUT2D eigenvalue weighted by Gasteiger charge is -2.23. The van der Waals surface area contributed by atoms with E-state index in [2.05, 4.69) is 14.9 Å². The average Bonchev–Trinajstić information content (AvgIpc) is 3.00. The molecular formula is C17H21N3O2. The molecule has 0 saturated heterocycles. The lowest BCUT2D eigenvalue weighted by Crippen LogP contribution is -2.37. The van der Waals surface area contributed by atoms with Gasteiger partial charge in [0.25, 0.3) is 0 Å². The fraction of sp³-hybridized carbons (Fsp3) is 0.412. The summed E-state index contributed by atoms with van der Waals surface area (Å²) in [5, 5.41) is 13.0. The van der Waals surface area contributed by atoms with Crippen molar-refractivity contribution in [3.05, 3.63) is 53.6 Å². The first-order valence-electron chi connectivity index (χ1n) is 7.65. The van der Waals surface area contributed by atoms with Crippen molar-refractivity contribution in [1.29, 1.82) is 0 Å². The summed E-state index contributed by atoms with van der Waals surface area (Å²) in [6.07, 6.45) is 4.49. The van der Waals surface area contributed by atoms with Crippen molar-refractivity contribution in [3.8, 4) is 0 Å². The van der Waals surface area contributed by atoms with Crippen LogP contribution in [-0.2, 0) is 17.8 Å². The summed E-state index contributed by atoms with van der Waals surface area (Å²) >= 11 is 0. The minimum absolute atomic E-state index is 0.0126. The average molecular weight is 299 g/mol. The first kappa shape index (κ1) is 14.8. The van der Waals surface area contributed by atoms with Crippen LogP contribution in [0.5, 0.6) is 0 Å². The molecule has 2 atom stereocenters. The van der Waals surface area contributed by atoms with E-state index in [0.29, 0.717) is 6.42 Å². The molecule has 2 aromatic rings. The zero-order valence-corrected chi connectivity index (χ0v) is 12.7. The molecule has 2 unspecified atom stereocenters. The maximum absolute atomic E-state index is 12.3. The number of rotatable bonds is 4. The minimum Gasteiger partial charge on any atom is -0.387 e. The van der Waals surface area contributed by atoms with E-state index in [1.54, 1.807) is 0 Å². The molecular weight excluding hydrogens is 278 g/mol. The molecule has 1 aliphatic heterocycles. The van der Waals surface area contributed by atoms with Crippen molar-refractivity contribution in [1.82, 2.24) is 14.9 Å². The van der Waals surface area contributed by atoms with Crippen LogP contribution in [0, 0.1) is 12.8 Å². The van der Waals surface area contributed by atoms with E-state index in [9.17, 15) is 9.90 Å². The van der Waals surface area contributed by atoms with Crippen molar-refractivity contribution in [3.63, 3.8) is 0 Å². The number of nitrogens with zero attached hydrogens (tertiary/aromatic N) is 2. The van der Waals surface area contributed by atoms with Crippen LogP contribution in [-0.4, -0.2) is 27.1 Å². The number of imidazole rings is 1. The van der Waals surface area contributed by atoms with Gasteiger partial charge in [0, 0.05) is 37.3 Å². The first-order valence-corrected chi connectivity index (χ1v) is 7.65. The molecule has 116 valence electrons. The van der Waals surface area contributed by atoms with Crippen LogP contribution in [0.15, 0.2) is 36.8 Å². The standard InChI is InChI=1S/C17H21N3O2/c1-12-2-4-13(5-3-12)16(21)10-19-17(22)14-6-7-20-11-18-9-15(20)8-14/h2-5,9,11,14,16,21H,6-8,10H2,1H3,(H,19,22). The molecule has 1 aliphatic rings. The number of fused-ring (bicyclic) bond motifs is 1. The topological polar surface area (TPSA) is 67.2 Å². The number of amides is 1. The number of nitrogens with one attached hydrogen (secondary N) is 1. The van der Waals surface area contributed by atoms with Crippen molar-refractivity contribution in [2.45, 2.75) is 32.4 Å². The molecule has 0 saturated carbocycles. The summed E-state index contributed by atoms with van der Waals surface area (Å²) in [5.74, 6) is -0.0203. The van der Waals surface area contributed by atoms with Crippen LogP contribution in [0.2, 0.25) is 0 Å². The second-order valence-electron chi connectivity index (χ2n) is 5.94. The molecule has 2 N–H and O–H groups in total. The van der Waals surface area contributed by atoms with Crippen LogP contribution in [0.25, 0.3) is 0 Å². The van der Waals surface area contributed by atoms with Gasteiger partial charge in [-0.3, -0.25) is 4.79 Å². The molecule has 5 heteroatoms. The van der Waals surface area contributed by atoms with Gasteiger partial charge in [-0.1, -0.05) is 29.8 Å². The fourth-order valence-corrected chi connectivity index (χ4v) is 2.84. The smallest absolute Gasteiger partial charge is 0.223 e. The quantitative estimate of drug-likeness (QED) is 0.901. The van der Waals surface area contributed by atoms with E-state index in [4.69, 9.17) is 0 Å². The Balaban J connectivity index is 1.53. The predicted molar refractivity (Wildman–Crippen MR) is 83.2 cm³/mol. The van der Waals surface area contributed by atoms with E-state index in [1.165, 1.54) is 0 Å². The third-order valence-electron chi connectivity index (χ3n) is 4.28. The summed E-state index contributed by atoms with van der Waals surface area (Å²) in [5.41, 5.74) is 3.08. The van der Waals surface area contributed by atoms with E-state index >= 15 is 0 Å². The maximum Gasteiger partial charge on any atom is 0.223 e. The largest absolute Gasteiger partial charge is 0.387 e. The molecule has 22 heavy (non-hydrogen) atoms. The normalized spacial score (nSPS) is 18.5. The lowest BCUT2D eigenvalue weighted by molar-refractivity contribution is -0.126. The van der Waals surface area contributed by atoms with Gasteiger partial charge >= 0.3 is 0 Å². The van der Waals surface area contributed by atoms with Crippen LogP contribution in [0.4, 0.5) is 0 Å². The number of carbonyl (C=O) groups excluding carboxylic acids is 1. The summed E-state index contributed by atoms with van der Waals surface area (Å²) in [6, 6.07) is 7.71. The third kappa shape index (κ3) is 3.20. The lowest BCUT2D eigenvalue weighted by atomic mass is 9.95. The Bertz CT molecular complexity index is 648. The van der Waals surface area contributed by atoms with Gasteiger partial charge in [0.15, 0.2) is 0 Å². The second-order valence-corrected chi connectivity index (χ2v) is 5.94. The van der Waals surface area contributed by atoms with E-state index in [1.807, 2.05) is 43.7 Å². The maximum atomic E-state index is 12.3. The molecule has 1 aromatic heterocycles. The third-order valence-corrected chi connectivity index (χ3v) is 4.28. The Kier molecular flexibility index (Phi) is 4.24. The van der Waals surface area contributed by atoms with Crippen molar-refractivity contribution < 1.29 is 9.90 Å². The number of aryl methyl sites for hydroxylation is 2. The van der Waals surface area contributed by atoms with E-state index in [0.717, 1.165) is 29.8 Å². The van der Waals surface area contributed by atoms with Crippen LogP contribution < -0.4 is 5.32 Å². The molecule has 1 amide bonds. The zero-order chi connectivity index (χ0) is 15.5. The Labute approximate surface area is 130 Å². The van der Waals surface area contributed by atoms with Gasteiger partial charge in [-0.15, -0.1) is 0 Å². The van der Waals surface area contributed by atoms with Gasteiger partial charge in [0.1, 0.15) is 0 Å². The molecule has 0 spiro atoms. The van der Waals surface area contributed by atoms with Gasteiger partial charge in [-0.2, -0.15) is 0 Å². The first-order chi connectivity index (χ1) is 10.6. The number of aromatic nitrogens is 2. The van der Waals surface area contributed by atoms with Crippen molar-refractivity contribution >= 4 is 5.91 Å². The number of hydrogen-bond donors (Lipinski definition) is 2. The van der Waals surface area contributed by atoms with Crippen molar-refractivity contribution in [2.24, 2.45) is 5.92 Å². The number of benzene rings is 1. The Morgan fingerprint density at radius 3 is 3.00 bits per heavy atom. The molecule has 1 aromatic carbocycles. The number of aliphatic hydroxyl groups excluding tert-OH is 1. The predicted octanol–water partition coefficient (Wildman–Crippen LogP) is 1.60. The summed E-state index contributed by atoms with van der Waals surface area (Å²) in [6.45, 7) is 3.08. The highest BCUT2D eigenvalue weighted by Crippen LogP contribution is 2.20. The highest BCUT2D eigenvalue weighted by molar-refractivity contribution is 5.79. The zero-order valence-electron chi connectivity index (χ0n) is 12.7. The van der Waals surface area contributed by atoms with Crippen LogP contribution >= 0.6 is 0 Å². The minimum atomic E-state index is -0.668. The van der Waals surface area contributed by atoms with Gasteiger partial charge in [-0.05, 0) is 18.9 Å². The van der Waals surface area contributed by atoms with Crippen LogP contribution in [0.3, 0.4) is 0 Å². The van der Waals surface area contributed by atoms with Gasteiger partial charge < -0.3 is 15.0 Å². The van der Waals surface area contributed by atoms with Gasteiger partial charge in [-0.25, -0.2) is 4.98 Å². The Hall–Kier alpha value is -2.14. The Morgan fingerprint density at radius 1 is 1.45 bits per heavy atom. The monoisotopic (exact) mass is 299 g/mol. The van der Waals surface area contributed by atoms with E-state index < -0.39 is 6.10 Å². The molecule has 0 bridgehead atoms. The molecule has 0 aliphatic carbocycles. The van der Waals surface area contributed by atoms with Crippen molar-refractivity contribution in [2.75, 3.05) is 6.54 Å². The summed E-state index contributed by atoms with van der Waals surface area (Å²) in [4.78, 5) is 16.4. The summed E-state index contributed by atoms with van der Waals surface area (Å²) < 4.78 is 2.09. The number of aliphatic hydroxyl groups is 1.